The summed E-state index contributed by atoms with van der Waals surface area (Å²) >= 11 is 0. The monoisotopic (exact) mass is 334 g/mol. The third kappa shape index (κ3) is 2.50. The molecule has 4 rings (SSSR count). The first-order valence-electron chi connectivity index (χ1n) is 8.22. The van der Waals surface area contributed by atoms with Gasteiger partial charge in [0.1, 0.15) is 0 Å². The summed E-state index contributed by atoms with van der Waals surface area (Å²) < 4.78 is 0. The van der Waals surface area contributed by atoms with E-state index in [1.165, 1.54) is 4.90 Å². The van der Waals surface area contributed by atoms with Crippen LogP contribution in [0.2, 0.25) is 0 Å². The van der Waals surface area contributed by atoms with Crippen LogP contribution in [-0.2, 0) is 16.1 Å². The van der Waals surface area contributed by atoms with E-state index in [1.807, 2.05) is 50.2 Å². The second-order valence-corrected chi connectivity index (χ2v) is 6.47. The van der Waals surface area contributed by atoms with Crippen LogP contribution in [0.1, 0.15) is 16.7 Å². The SMILES string of the molecule is Cc1ccc(N2C(=O)[C@@H]3[C@@H](N=NN3Cc3ccccc3C)C2=O)cc1. The summed E-state index contributed by atoms with van der Waals surface area (Å²) in [5.74, 6) is -0.577. The number of amides is 2. The van der Waals surface area contributed by atoms with Crippen LogP contribution in [0.5, 0.6) is 0 Å². The molecule has 6 nitrogen and oxygen atoms in total. The molecule has 6 heteroatoms. The third-order valence-electron chi connectivity index (χ3n) is 4.74. The average molecular weight is 334 g/mol. The fraction of sp³-hybridized carbons (Fsp3) is 0.263. The van der Waals surface area contributed by atoms with E-state index in [0.29, 0.717) is 12.2 Å². The number of hydrogen-bond donors (Lipinski definition) is 0. The molecule has 2 aromatic carbocycles. The molecule has 2 heterocycles. The van der Waals surface area contributed by atoms with E-state index in [0.717, 1.165) is 16.7 Å². The van der Waals surface area contributed by atoms with E-state index in [4.69, 9.17) is 0 Å². The first-order chi connectivity index (χ1) is 12.1. The third-order valence-corrected chi connectivity index (χ3v) is 4.74. The van der Waals surface area contributed by atoms with Gasteiger partial charge in [0.05, 0.1) is 12.2 Å². The Morgan fingerprint density at radius 2 is 1.68 bits per heavy atom. The fourth-order valence-electron chi connectivity index (χ4n) is 3.26. The van der Waals surface area contributed by atoms with Crippen LogP contribution in [0.25, 0.3) is 0 Å². The van der Waals surface area contributed by atoms with Gasteiger partial charge in [0.15, 0.2) is 12.1 Å². The molecule has 126 valence electrons. The normalized spacial score (nSPS) is 22.0. The van der Waals surface area contributed by atoms with Crippen molar-refractivity contribution < 1.29 is 9.59 Å². The molecule has 0 aliphatic carbocycles. The minimum absolute atomic E-state index is 0.266. The maximum Gasteiger partial charge on any atom is 0.263 e. The van der Waals surface area contributed by atoms with Crippen molar-refractivity contribution in [3.8, 4) is 0 Å². The van der Waals surface area contributed by atoms with Crippen molar-refractivity contribution in [3.05, 3.63) is 65.2 Å². The molecule has 0 saturated carbocycles. The van der Waals surface area contributed by atoms with Gasteiger partial charge in [0, 0.05) is 0 Å². The predicted octanol–water partition coefficient (Wildman–Crippen LogP) is 2.80. The van der Waals surface area contributed by atoms with Gasteiger partial charge in [-0.05, 0) is 37.1 Å². The van der Waals surface area contributed by atoms with Gasteiger partial charge in [-0.1, -0.05) is 47.2 Å². The number of imide groups is 1. The van der Waals surface area contributed by atoms with E-state index >= 15 is 0 Å². The van der Waals surface area contributed by atoms with E-state index in [2.05, 4.69) is 10.3 Å². The molecule has 0 spiro atoms. The molecule has 0 aromatic heterocycles. The van der Waals surface area contributed by atoms with Crippen LogP contribution in [0.3, 0.4) is 0 Å². The van der Waals surface area contributed by atoms with Crippen molar-refractivity contribution >= 4 is 17.5 Å². The summed E-state index contributed by atoms with van der Waals surface area (Å²) in [7, 11) is 0. The number of aryl methyl sites for hydroxylation is 2. The van der Waals surface area contributed by atoms with Crippen molar-refractivity contribution in [2.24, 2.45) is 10.3 Å². The lowest BCUT2D eigenvalue weighted by molar-refractivity contribution is -0.123. The van der Waals surface area contributed by atoms with Gasteiger partial charge < -0.3 is 0 Å². The van der Waals surface area contributed by atoms with Gasteiger partial charge in [-0.15, -0.1) is 0 Å². The Morgan fingerprint density at radius 3 is 2.40 bits per heavy atom. The summed E-state index contributed by atoms with van der Waals surface area (Å²) in [6.07, 6.45) is 0. The highest BCUT2D eigenvalue weighted by Gasteiger charge is 2.54. The van der Waals surface area contributed by atoms with Gasteiger partial charge in [0.2, 0.25) is 0 Å². The van der Waals surface area contributed by atoms with Crippen LogP contribution in [0.15, 0.2) is 58.9 Å². The van der Waals surface area contributed by atoms with Gasteiger partial charge >= 0.3 is 0 Å². The Balaban J connectivity index is 1.62. The lowest BCUT2D eigenvalue weighted by Gasteiger charge is -2.21. The van der Waals surface area contributed by atoms with E-state index in [9.17, 15) is 9.59 Å². The minimum atomic E-state index is -0.752. The Labute approximate surface area is 145 Å². The highest BCUT2D eigenvalue weighted by Crippen LogP contribution is 2.33. The number of carbonyl (C=O) groups excluding carboxylic acids is 2. The number of benzene rings is 2. The first-order valence-corrected chi connectivity index (χ1v) is 8.22. The molecule has 2 aromatic rings. The molecule has 1 saturated heterocycles. The molecular weight excluding hydrogens is 316 g/mol. The highest BCUT2D eigenvalue weighted by molar-refractivity contribution is 6.25. The zero-order chi connectivity index (χ0) is 17.6. The molecule has 25 heavy (non-hydrogen) atoms. The number of nitrogens with zero attached hydrogens (tertiary/aromatic N) is 4. The summed E-state index contributed by atoms with van der Waals surface area (Å²) in [4.78, 5) is 26.8. The van der Waals surface area contributed by atoms with Crippen LogP contribution >= 0.6 is 0 Å². The Morgan fingerprint density at radius 1 is 0.960 bits per heavy atom. The second-order valence-electron chi connectivity index (χ2n) is 6.47. The Hall–Kier alpha value is -3.02. The molecule has 2 aliphatic rings. The molecular formula is C19H18N4O2. The summed E-state index contributed by atoms with van der Waals surface area (Å²) in [6, 6.07) is 13.9. The maximum absolute atomic E-state index is 12.9. The van der Waals surface area contributed by atoms with Gasteiger partial charge in [-0.25, -0.2) is 4.90 Å². The molecule has 0 N–H and O–H groups in total. The minimum Gasteiger partial charge on any atom is -0.271 e. The van der Waals surface area contributed by atoms with Gasteiger partial charge in [-0.2, -0.15) is 5.11 Å². The summed E-state index contributed by atoms with van der Waals surface area (Å²) in [5.41, 5.74) is 3.84. The first kappa shape index (κ1) is 15.5. The number of hydrogen-bond acceptors (Lipinski definition) is 5. The lowest BCUT2D eigenvalue weighted by Crippen LogP contribution is -2.39. The molecule has 1 fully saturated rings. The van der Waals surface area contributed by atoms with Crippen LogP contribution in [-0.4, -0.2) is 28.9 Å². The molecule has 0 radical (unpaired) electrons. The topological polar surface area (TPSA) is 65.3 Å². The zero-order valence-corrected chi connectivity index (χ0v) is 14.1. The van der Waals surface area contributed by atoms with E-state index < -0.39 is 12.1 Å². The van der Waals surface area contributed by atoms with Crippen LogP contribution < -0.4 is 4.90 Å². The second kappa shape index (κ2) is 5.81. The molecule has 0 unspecified atom stereocenters. The van der Waals surface area contributed by atoms with Crippen molar-refractivity contribution in [2.45, 2.75) is 32.5 Å². The largest absolute Gasteiger partial charge is 0.271 e. The number of fused-ring (bicyclic) bond motifs is 1. The van der Waals surface area contributed by atoms with Gasteiger partial charge in [0.25, 0.3) is 11.8 Å². The summed E-state index contributed by atoms with van der Waals surface area (Å²) in [5, 5.41) is 9.78. The van der Waals surface area contributed by atoms with Crippen molar-refractivity contribution in [3.63, 3.8) is 0 Å². The van der Waals surface area contributed by atoms with E-state index in [-0.39, 0.29) is 11.8 Å². The van der Waals surface area contributed by atoms with Crippen molar-refractivity contribution in [1.82, 2.24) is 5.01 Å². The van der Waals surface area contributed by atoms with Crippen molar-refractivity contribution in [1.29, 1.82) is 0 Å². The Kier molecular flexibility index (Phi) is 3.60. The fourth-order valence-corrected chi connectivity index (χ4v) is 3.26. The van der Waals surface area contributed by atoms with E-state index in [1.54, 1.807) is 17.1 Å². The standard InChI is InChI=1S/C19H18N4O2/c1-12-7-9-15(10-8-12)23-18(24)16-17(19(23)25)22(21-20-16)11-14-6-4-3-5-13(14)2/h3-10,16-17H,11H2,1-2H3/t16-,17+/m1/s1. The highest BCUT2D eigenvalue weighted by atomic mass is 16.2. The zero-order valence-electron chi connectivity index (χ0n) is 14.1. The molecule has 2 atom stereocenters. The predicted molar refractivity (Wildman–Crippen MR) is 92.8 cm³/mol. The Bertz CT molecular complexity index is 875. The number of rotatable bonds is 3. The van der Waals surface area contributed by atoms with Gasteiger partial charge in [-0.3, -0.25) is 14.6 Å². The van der Waals surface area contributed by atoms with Crippen molar-refractivity contribution in [2.75, 3.05) is 4.90 Å². The maximum atomic E-state index is 12.9. The average Bonchev–Trinajstić information content (AvgIpc) is 3.12. The number of carbonyl (C=O) groups is 2. The van der Waals surface area contributed by atoms with Crippen LogP contribution in [0, 0.1) is 13.8 Å². The molecule has 2 amide bonds. The number of anilines is 1. The smallest absolute Gasteiger partial charge is 0.263 e. The molecule has 0 bridgehead atoms. The quantitative estimate of drug-likeness (QED) is 0.811. The molecule has 2 aliphatic heterocycles. The summed E-state index contributed by atoms with van der Waals surface area (Å²) in [6.45, 7) is 4.43. The van der Waals surface area contributed by atoms with Crippen LogP contribution in [0.4, 0.5) is 5.69 Å². The lowest BCUT2D eigenvalue weighted by atomic mass is 10.1.